The van der Waals surface area contributed by atoms with Crippen LogP contribution in [0.5, 0.6) is 0 Å². The number of aliphatic hydroxyl groups excluding tert-OH is 1. The zero-order valence-corrected chi connectivity index (χ0v) is 11.7. The highest BCUT2D eigenvalue weighted by Crippen LogP contribution is 2.28. The summed E-state index contributed by atoms with van der Waals surface area (Å²) in [6, 6.07) is 7.74. The highest BCUT2D eigenvalue weighted by atomic mass is 16.3. The maximum atomic E-state index is 9.05. The summed E-state index contributed by atoms with van der Waals surface area (Å²) in [5.74, 6) is 0.435. The minimum atomic E-state index is 0.0305. The van der Waals surface area contributed by atoms with Crippen LogP contribution >= 0.6 is 0 Å². The zero-order chi connectivity index (χ0) is 15.1. The van der Waals surface area contributed by atoms with Gasteiger partial charge < -0.3 is 10.8 Å². The van der Waals surface area contributed by atoms with E-state index in [0.717, 1.165) is 27.5 Å². The molecule has 0 fully saturated rings. The first-order valence-electron chi connectivity index (χ1n) is 6.93. The maximum Gasteiger partial charge on any atom is 0.135 e. The van der Waals surface area contributed by atoms with Gasteiger partial charge >= 0.3 is 0 Å². The molecule has 110 valence electrons. The normalized spacial score (nSPS) is 11.5. The van der Waals surface area contributed by atoms with Gasteiger partial charge in [0.25, 0.3) is 0 Å². The second-order valence-electron chi connectivity index (χ2n) is 5.03. The van der Waals surface area contributed by atoms with Crippen molar-refractivity contribution in [2.45, 2.75) is 6.54 Å². The van der Waals surface area contributed by atoms with Gasteiger partial charge in [-0.3, -0.25) is 4.68 Å². The Balaban J connectivity index is 1.96. The van der Waals surface area contributed by atoms with Crippen LogP contribution in [0.25, 0.3) is 27.5 Å². The Bertz CT molecular complexity index is 957. The monoisotopic (exact) mass is 294 g/mol. The van der Waals surface area contributed by atoms with Gasteiger partial charge in [0.2, 0.25) is 0 Å². The Morgan fingerprint density at radius 2 is 2.14 bits per heavy atom. The van der Waals surface area contributed by atoms with Crippen LogP contribution in [-0.2, 0) is 6.54 Å². The molecule has 3 heterocycles. The predicted octanol–water partition coefficient (Wildman–Crippen LogP) is 1.34. The van der Waals surface area contributed by atoms with Crippen LogP contribution in [0.2, 0.25) is 0 Å². The summed E-state index contributed by atoms with van der Waals surface area (Å²) in [5, 5.41) is 19.5. The molecule has 1 aromatic carbocycles. The first-order valence-corrected chi connectivity index (χ1v) is 6.93. The highest BCUT2D eigenvalue weighted by molar-refractivity contribution is 6.07. The van der Waals surface area contributed by atoms with Crippen molar-refractivity contribution in [3.8, 4) is 5.69 Å². The number of hydrogen-bond acceptors (Lipinski definition) is 5. The second kappa shape index (κ2) is 4.81. The van der Waals surface area contributed by atoms with Crippen molar-refractivity contribution in [3.05, 3.63) is 42.9 Å². The number of anilines is 1. The molecule has 0 aliphatic heterocycles. The summed E-state index contributed by atoms with van der Waals surface area (Å²) in [6.45, 7) is 0.462. The third kappa shape index (κ3) is 1.91. The number of nitrogens with two attached hydrogens (primary N) is 1. The third-order valence-corrected chi connectivity index (χ3v) is 3.61. The number of aliphatic hydroxyl groups is 1. The number of aromatic nitrogens is 5. The maximum absolute atomic E-state index is 9.05. The Hall–Kier alpha value is -2.93. The molecule has 3 N–H and O–H groups in total. The Morgan fingerprint density at radius 1 is 1.23 bits per heavy atom. The van der Waals surface area contributed by atoms with E-state index in [1.807, 2.05) is 36.7 Å². The number of rotatable bonds is 3. The second-order valence-corrected chi connectivity index (χ2v) is 5.03. The standard InChI is InChI=1S/C15H14N6O/c16-15-12-9-20(6-7-22)19-14(12)11-3-2-10(8-13(11)18-15)21-5-1-4-17-21/h1-5,8-9,22H,6-7H2,(H2,16,18). The number of fused-ring (bicyclic) bond motifs is 3. The molecule has 0 spiro atoms. The molecule has 7 nitrogen and oxygen atoms in total. The van der Waals surface area contributed by atoms with E-state index in [4.69, 9.17) is 10.8 Å². The molecule has 0 unspecified atom stereocenters. The van der Waals surface area contributed by atoms with Gasteiger partial charge in [-0.2, -0.15) is 10.2 Å². The highest BCUT2D eigenvalue weighted by Gasteiger charge is 2.11. The van der Waals surface area contributed by atoms with E-state index in [9.17, 15) is 0 Å². The van der Waals surface area contributed by atoms with Crippen molar-refractivity contribution in [3.63, 3.8) is 0 Å². The van der Waals surface area contributed by atoms with Crippen molar-refractivity contribution < 1.29 is 5.11 Å². The molecule has 0 amide bonds. The van der Waals surface area contributed by atoms with Gasteiger partial charge in [0.1, 0.15) is 11.3 Å². The van der Waals surface area contributed by atoms with Crippen molar-refractivity contribution >= 4 is 27.6 Å². The summed E-state index contributed by atoms with van der Waals surface area (Å²) in [6.07, 6.45) is 5.42. The molecule has 0 saturated carbocycles. The number of benzene rings is 1. The molecule has 7 heteroatoms. The number of pyridine rings is 1. The molecule has 4 aromatic rings. The topological polar surface area (TPSA) is 94.8 Å². The van der Waals surface area contributed by atoms with Crippen LogP contribution in [0.4, 0.5) is 5.82 Å². The number of nitrogens with zero attached hydrogens (tertiary/aromatic N) is 5. The van der Waals surface area contributed by atoms with Gasteiger partial charge in [0.15, 0.2) is 0 Å². The predicted molar refractivity (Wildman–Crippen MR) is 83.7 cm³/mol. The SMILES string of the molecule is Nc1nc2cc(-n3cccn3)ccc2c2nn(CCO)cc12. The van der Waals surface area contributed by atoms with E-state index in [1.54, 1.807) is 15.6 Å². The lowest BCUT2D eigenvalue weighted by atomic mass is 10.1. The molecular formula is C15H14N6O. The van der Waals surface area contributed by atoms with Gasteiger partial charge in [-0.15, -0.1) is 0 Å². The minimum absolute atomic E-state index is 0.0305. The fourth-order valence-corrected chi connectivity index (χ4v) is 2.59. The lowest BCUT2D eigenvalue weighted by molar-refractivity contribution is 0.270. The van der Waals surface area contributed by atoms with Gasteiger partial charge in [0, 0.05) is 24.0 Å². The third-order valence-electron chi connectivity index (χ3n) is 3.61. The molecule has 4 rings (SSSR count). The van der Waals surface area contributed by atoms with E-state index in [0.29, 0.717) is 12.4 Å². The molecule has 0 radical (unpaired) electrons. The van der Waals surface area contributed by atoms with Gasteiger partial charge in [0.05, 0.1) is 29.7 Å². The molecule has 22 heavy (non-hydrogen) atoms. The average molecular weight is 294 g/mol. The Kier molecular flexibility index (Phi) is 2.80. The van der Waals surface area contributed by atoms with E-state index in [-0.39, 0.29) is 6.61 Å². The van der Waals surface area contributed by atoms with E-state index in [2.05, 4.69) is 15.2 Å². The van der Waals surface area contributed by atoms with Crippen molar-refractivity contribution in [1.82, 2.24) is 24.5 Å². The van der Waals surface area contributed by atoms with E-state index < -0.39 is 0 Å². The summed E-state index contributed by atoms with van der Waals surface area (Å²) >= 11 is 0. The summed E-state index contributed by atoms with van der Waals surface area (Å²) < 4.78 is 3.45. The van der Waals surface area contributed by atoms with Crippen LogP contribution in [0.1, 0.15) is 0 Å². The summed E-state index contributed by atoms with van der Waals surface area (Å²) in [4.78, 5) is 4.47. The summed E-state index contributed by atoms with van der Waals surface area (Å²) in [5.41, 5.74) is 8.53. The lowest BCUT2D eigenvalue weighted by Crippen LogP contribution is -2.01. The fraction of sp³-hybridized carbons (Fsp3) is 0.133. The first kappa shape index (κ1) is 12.8. The molecule has 3 aromatic heterocycles. The first-order chi connectivity index (χ1) is 10.8. The molecule has 0 atom stereocenters. The molecule has 0 aliphatic carbocycles. The summed E-state index contributed by atoms with van der Waals surface area (Å²) in [7, 11) is 0. The molecule has 0 aliphatic rings. The van der Waals surface area contributed by atoms with E-state index in [1.165, 1.54) is 0 Å². The van der Waals surface area contributed by atoms with Crippen LogP contribution in [0.15, 0.2) is 42.9 Å². The lowest BCUT2D eigenvalue weighted by Gasteiger charge is -2.05. The van der Waals surface area contributed by atoms with Crippen molar-refractivity contribution in [2.75, 3.05) is 12.3 Å². The zero-order valence-electron chi connectivity index (χ0n) is 11.7. The van der Waals surface area contributed by atoms with Gasteiger partial charge in [-0.1, -0.05) is 0 Å². The van der Waals surface area contributed by atoms with Crippen LogP contribution in [0.3, 0.4) is 0 Å². The minimum Gasteiger partial charge on any atom is -0.394 e. The Morgan fingerprint density at radius 3 is 2.91 bits per heavy atom. The van der Waals surface area contributed by atoms with Crippen LogP contribution < -0.4 is 5.73 Å². The molecule has 0 bridgehead atoms. The number of hydrogen-bond donors (Lipinski definition) is 2. The Labute approximate surface area is 125 Å². The molecular weight excluding hydrogens is 280 g/mol. The largest absolute Gasteiger partial charge is 0.394 e. The van der Waals surface area contributed by atoms with Crippen molar-refractivity contribution in [2.24, 2.45) is 0 Å². The van der Waals surface area contributed by atoms with Crippen molar-refractivity contribution in [1.29, 1.82) is 0 Å². The fourth-order valence-electron chi connectivity index (χ4n) is 2.59. The van der Waals surface area contributed by atoms with E-state index >= 15 is 0 Å². The average Bonchev–Trinajstić information content (AvgIpc) is 3.17. The van der Waals surface area contributed by atoms with Crippen LogP contribution in [0, 0.1) is 0 Å². The van der Waals surface area contributed by atoms with Gasteiger partial charge in [-0.25, -0.2) is 9.67 Å². The van der Waals surface area contributed by atoms with Gasteiger partial charge in [-0.05, 0) is 24.3 Å². The molecule has 0 saturated heterocycles. The smallest absolute Gasteiger partial charge is 0.135 e. The van der Waals surface area contributed by atoms with Crippen LogP contribution in [-0.4, -0.2) is 36.3 Å². The quantitative estimate of drug-likeness (QED) is 0.594. The number of nitrogen functional groups attached to an aromatic ring is 1.